The van der Waals surface area contributed by atoms with Crippen molar-refractivity contribution in [3.8, 4) is 0 Å². The predicted molar refractivity (Wildman–Crippen MR) is 66.0 cm³/mol. The van der Waals surface area contributed by atoms with Crippen molar-refractivity contribution in [1.29, 1.82) is 0 Å². The van der Waals surface area contributed by atoms with E-state index in [0.29, 0.717) is 25.1 Å². The van der Waals surface area contributed by atoms with Crippen LogP contribution in [-0.4, -0.2) is 40.4 Å². The van der Waals surface area contributed by atoms with Gasteiger partial charge in [-0.1, -0.05) is 0 Å². The van der Waals surface area contributed by atoms with Crippen LogP contribution in [0, 0.1) is 5.92 Å². The Morgan fingerprint density at radius 2 is 2.25 bits per heavy atom. The van der Waals surface area contributed by atoms with Crippen molar-refractivity contribution in [2.24, 2.45) is 5.92 Å². The van der Waals surface area contributed by atoms with E-state index in [1.165, 1.54) is 17.3 Å². The zero-order valence-corrected chi connectivity index (χ0v) is 10.7. The van der Waals surface area contributed by atoms with E-state index < -0.39 is 24.5 Å². The number of alkyl halides is 3. The van der Waals surface area contributed by atoms with Gasteiger partial charge in [-0.2, -0.15) is 23.4 Å². The molecule has 0 aliphatic carbocycles. The summed E-state index contributed by atoms with van der Waals surface area (Å²) >= 11 is 0. The topological polar surface area (TPSA) is 58.1 Å². The molecule has 2 heterocycles. The smallest absolute Gasteiger partial charge is 0.324 e. The van der Waals surface area contributed by atoms with Crippen LogP contribution in [0.2, 0.25) is 0 Å². The van der Waals surface area contributed by atoms with Gasteiger partial charge in [-0.05, 0) is 24.8 Å². The van der Waals surface area contributed by atoms with Crippen molar-refractivity contribution in [3.05, 3.63) is 18.5 Å². The molecule has 0 bridgehead atoms. The van der Waals surface area contributed by atoms with Crippen molar-refractivity contribution >= 4 is 11.7 Å². The van der Waals surface area contributed by atoms with Crippen LogP contribution >= 0.6 is 0 Å². The molecular weight excluding hydrogens is 273 g/mol. The number of halogens is 3. The molecule has 1 unspecified atom stereocenters. The van der Waals surface area contributed by atoms with Crippen LogP contribution in [0.1, 0.15) is 19.3 Å². The molecule has 0 radical (unpaired) electrons. The maximum atomic E-state index is 12.4. The molecule has 110 valence electrons. The molecule has 1 fully saturated rings. The normalized spacial score (nSPS) is 19.8. The molecule has 1 saturated heterocycles. The minimum absolute atomic E-state index is 0.129. The highest BCUT2D eigenvalue weighted by Crippen LogP contribution is 2.30. The Labute approximate surface area is 114 Å². The molecule has 2 rings (SSSR count). The van der Waals surface area contributed by atoms with E-state index in [1.807, 2.05) is 0 Å². The highest BCUT2D eigenvalue weighted by molar-refractivity contribution is 5.89. The van der Waals surface area contributed by atoms with Gasteiger partial charge in [-0.3, -0.25) is 0 Å². The van der Waals surface area contributed by atoms with E-state index >= 15 is 0 Å². The maximum absolute atomic E-state index is 12.4. The largest absolute Gasteiger partial charge is 0.389 e. The summed E-state index contributed by atoms with van der Waals surface area (Å²) < 4.78 is 37.1. The van der Waals surface area contributed by atoms with E-state index in [1.54, 1.807) is 6.07 Å². The molecule has 1 N–H and O–H groups in total. The molecule has 1 aliphatic heterocycles. The van der Waals surface area contributed by atoms with Crippen LogP contribution in [0.15, 0.2) is 18.5 Å². The monoisotopic (exact) mass is 288 g/mol. The van der Waals surface area contributed by atoms with Gasteiger partial charge in [-0.15, -0.1) is 0 Å². The summed E-state index contributed by atoms with van der Waals surface area (Å²) in [6.45, 7) is 0.600. The number of carbonyl (C=O) groups excluding carboxylic acids is 1. The van der Waals surface area contributed by atoms with Gasteiger partial charge in [-0.25, -0.2) is 4.79 Å². The Bertz CT molecular complexity index is 452. The number of rotatable bonds is 2. The van der Waals surface area contributed by atoms with Crippen molar-refractivity contribution in [2.75, 3.05) is 18.4 Å². The third-order valence-electron chi connectivity index (χ3n) is 3.16. The summed E-state index contributed by atoms with van der Waals surface area (Å²) in [6.07, 6.45) is -1.12. The highest BCUT2D eigenvalue weighted by atomic mass is 19.4. The Morgan fingerprint density at radius 1 is 1.45 bits per heavy atom. The number of anilines is 1. The van der Waals surface area contributed by atoms with Crippen LogP contribution in [-0.2, 0) is 0 Å². The van der Waals surface area contributed by atoms with Crippen LogP contribution in [0.5, 0.6) is 0 Å². The average Bonchev–Trinajstić information content (AvgIpc) is 2.38. The lowest BCUT2D eigenvalue weighted by molar-refractivity contribution is -0.147. The van der Waals surface area contributed by atoms with Crippen molar-refractivity contribution < 1.29 is 18.0 Å². The summed E-state index contributed by atoms with van der Waals surface area (Å²) in [5.74, 6) is -0.523. The molecular formula is C12H15F3N4O. The van der Waals surface area contributed by atoms with Crippen LogP contribution < -0.4 is 5.32 Å². The fraction of sp³-hybridized carbons (Fsp3) is 0.583. The number of nitrogens with one attached hydrogen (secondary N) is 1. The van der Waals surface area contributed by atoms with E-state index in [4.69, 9.17) is 0 Å². The highest BCUT2D eigenvalue weighted by Gasteiger charge is 2.34. The molecule has 2 amide bonds. The molecule has 8 heteroatoms. The van der Waals surface area contributed by atoms with Gasteiger partial charge >= 0.3 is 12.2 Å². The zero-order chi connectivity index (χ0) is 14.6. The fourth-order valence-corrected chi connectivity index (χ4v) is 2.31. The number of piperidine rings is 1. The quantitative estimate of drug-likeness (QED) is 0.910. The summed E-state index contributed by atoms with van der Waals surface area (Å²) in [5, 5.41) is 9.79. The van der Waals surface area contributed by atoms with Crippen LogP contribution in [0.3, 0.4) is 0 Å². The van der Waals surface area contributed by atoms with E-state index in [2.05, 4.69) is 15.5 Å². The molecule has 0 aromatic carbocycles. The fourth-order valence-electron chi connectivity index (χ4n) is 2.31. The second-order valence-corrected chi connectivity index (χ2v) is 4.83. The lowest BCUT2D eigenvalue weighted by atomic mass is 9.95. The third-order valence-corrected chi connectivity index (χ3v) is 3.16. The van der Waals surface area contributed by atoms with E-state index in [-0.39, 0.29) is 6.54 Å². The van der Waals surface area contributed by atoms with E-state index in [0.717, 1.165) is 0 Å². The SMILES string of the molecule is O=C(Nc1ccnnc1)N1CCCC(CC(F)(F)F)C1. The number of urea groups is 1. The summed E-state index contributed by atoms with van der Waals surface area (Å²) in [5.41, 5.74) is 0.475. The lowest BCUT2D eigenvalue weighted by Crippen LogP contribution is -2.43. The van der Waals surface area contributed by atoms with Gasteiger partial charge in [0.05, 0.1) is 18.1 Å². The molecule has 20 heavy (non-hydrogen) atoms. The Morgan fingerprint density at radius 3 is 2.90 bits per heavy atom. The Kier molecular flexibility index (Phi) is 4.41. The first-order valence-corrected chi connectivity index (χ1v) is 6.33. The van der Waals surface area contributed by atoms with Crippen molar-refractivity contribution in [3.63, 3.8) is 0 Å². The maximum Gasteiger partial charge on any atom is 0.389 e. The number of aromatic nitrogens is 2. The minimum Gasteiger partial charge on any atom is -0.324 e. The first kappa shape index (κ1) is 14.5. The summed E-state index contributed by atoms with van der Waals surface area (Å²) in [4.78, 5) is 13.4. The number of amides is 2. The second-order valence-electron chi connectivity index (χ2n) is 4.83. The van der Waals surface area contributed by atoms with Crippen molar-refractivity contribution in [2.45, 2.75) is 25.4 Å². The second kappa shape index (κ2) is 6.06. The standard InChI is InChI=1S/C12H15F3N4O/c13-12(14,15)6-9-2-1-5-19(8-9)11(20)18-10-3-4-16-17-7-10/h3-4,7,9H,1-2,5-6,8H2,(H,16,18,20). The molecule has 1 aromatic rings. The number of nitrogens with zero attached hydrogens (tertiary/aromatic N) is 3. The molecule has 1 aliphatic rings. The number of carbonyl (C=O) groups is 1. The molecule has 5 nitrogen and oxygen atoms in total. The van der Waals surface area contributed by atoms with Gasteiger partial charge in [0.15, 0.2) is 0 Å². The predicted octanol–water partition coefficient (Wildman–Crippen LogP) is 2.67. The molecule has 1 atom stereocenters. The molecule has 0 spiro atoms. The first-order chi connectivity index (χ1) is 9.44. The lowest BCUT2D eigenvalue weighted by Gasteiger charge is -2.33. The minimum atomic E-state index is -4.18. The Balaban J connectivity index is 1.90. The molecule has 0 saturated carbocycles. The number of hydrogen-bond donors (Lipinski definition) is 1. The first-order valence-electron chi connectivity index (χ1n) is 6.33. The Hall–Kier alpha value is -1.86. The van der Waals surface area contributed by atoms with Gasteiger partial charge in [0.25, 0.3) is 0 Å². The average molecular weight is 288 g/mol. The van der Waals surface area contributed by atoms with E-state index in [9.17, 15) is 18.0 Å². The summed E-state index contributed by atoms with van der Waals surface area (Å²) in [7, 11) is 0. The van der Waals surface area contributed by atoms with Gasteiger partial charge in [0.1, 0.15) is 0 Å². The van der Waals surface area contributed by atoms with Crippen LogP contribution in [0.25, 0.3) is 0 Å². The molecule has 1 aromatic heterocycles. The van der Waals surface area contributed by atoms with Crippen molar-refractivity contribution in [1.82, 2.24) is 15.1 Å². The number of likely N-dealkylation sites (tertiary alicyclic amines) is 1. The van der Waals surface area contributed by atoms with Crippen LogP contribution in [0.4, 0.5) is 23.7 Å². The zero-order valence-electron chi connectivity index (χ0n) is 10.7. The van der Waals surface area contributed by atoms with Gasteiger partial charge < -0.3 is 10.2 Å². The summed E-state index contributed by atoms with van der Waals surface area (Å²) in [6, 6.07) is 1.17. The van der Waals surface area contributed by atoms with Gasteiger partial charge in [0.2, 0.25) is 0 Å². The third kappa shape index (κ3) is 4.36. The number of hydrogen-bond acceptors (Lipinski definition) is 3. The van der Waals surface area contributed by atoms with Gasteiger partial charge in [0, 0.05) is 19.5 Å².